The molecular formula is C22H27N5O4. The predicted octanol–water partition coefficient (Wildman–Crippen LogP) is 3.92. The number of hydrogen-bond acceptors (Lipinski definition) is 8. The Bertz CT molecular complexity index is 1110. The number of rotatable bonds is 8. The molecule has 2 aromatic heterocycles. The molecule has 0 amide bonds. The third kappa shape index (κ3) is 4.26. The number of fused-ring (bicyclic) bond motifs is 2. The highest BCUT2D eigenvalue weighted by atomic mass is 16.7. The average molecular weight is 425 g/mol. The number of benzene rings is 1. The van der Waals surface area contributed by atoms with Crippen molar-refractivity contribution in [2.75, 3.05) is 12.1 Å². The fourth-order valence-corrected chi connectivity index (χ4v) is 3.47. The lowest BCUT2D eigenvalue weighted by atomic mass is 10.0. The van der Waals surface area contributed by atoms with Gasteiger partial charge in [0.05, 0.1) is 5.69 Å². The summed E-state index contributed by atoms with van der Waals surface area (Å²) in [6, 6.07) is 5.83. The normalized spacial score (nSPS) is 13.4. The Hall–Kier alpha value is -3.36. The number of aryl methyl sites for hydroxylation is 1. The minimum Gasteiger partial charge on any atom is -0.454 e. The van der Waals surface area contributed by atoms with Crippen molar-refractivity contribution in [1.29, 1.82) is 0 Å². The second-order valence-corrected chi connectivity index (χ2v) is 7.64. The van der Waals surface area contributed by atoms with Gasteiger partial charge in [-0.15, -0.1) is 0 Å². The Morgan fingerprint density at radius 2 is 2.06 bits per heavy atom. The summed E-state index contributed by atoms with van der Waals surface area (Å²) in [5, 5.41) is 8.03. The van der Waals surface area contributed by atoms with Crippen molar-refractivity contribution in [1.82, 2.24) is 19.7 Å². The Labute approximate surface area is 180 Å². The molecule has 9 nitrogen and oxygen atoms in total. The molecule has 3 aromatic rings. The molecule has 3 heterocycles. The first-order valence-electron chi connectivity index (χ1n) is 10.6. The summed E-state index contributed by atoms with van der Waals surface area (Å²) < 4.78 is 18.0. The van der Waals surface area contributed by atoms with Crippen molar-refractivity contribution in [3.05, 3.63) is 29.5 Å². The van der Waals surface area contributed by atoms with Gasteiger partial charge in [0.1, 0.15) is 11.0 Å². The van der Waals surface area contributed by atoms with Gasteiger partial charge in [0.15, 0.2) is 17.3 Å². The van der Waals surface area contributed by atoms with Gasteiger partial charge in [0.25, 0.3) is 0 Å². The van der Waals surface area contributed by atoms with E-state index in [0.717, 1.165) is 34.7 Å². The average Bonchev–Trinajstić information content (AvgIpc) is 3.35. The summed E-state index contributed by atoms with van der Waals surface area (Å²) in [7, 11) is 1.87. The van der Waals surface area contributed by atoms with E-state index in [1.54, 1.807) is 4.68 Å². The number of esters is 1. The number of nitrogens with zero attached hydrogens (tertiary/aromatic N) is 4. The molecule has 1 atom stereocenters. The summed E-state index contributed by atoms with van der Waals surface area (Å²) in [5.41, 5.74) is 3.33. The molecule has 1 aromatic carbocycles. The van der Waals surface area contributed by atoms with E-state index in [4.69, 9.17) is 14.2 Å². The maximum Gasteiger partial charge on any atom is 0.326 e. The van der Waals surface area contributed by atoms with E-state index in [2.05, 4.69) is 34.2 Å². The quantitative estimate of drug-likeness (QED) is 0.542. The Kier molecular flexibility index (Phi) is 5.92. The van der Waals surface area contributed by atoms with Crippen molar-refractivity contribution in [3.8, 4) is 17.5 Å². The highest BCUT2D eigenvalue weighted by Crippen LogP contribution is 2.34. The van der Waals surface area contributed by atoms with Gasteiger partial charge in [0, 0.05) is 25.9 Å². The van der Waals surface area contributed by atoms with Gasteiger partial charge in [-0.3, -0.25) is 9.48 Å². The number of anilines is 1. The van der Waals surface area contributed by atoms with E-state index in [0.29, 0.717) is 30.7 Å². The van der Waals surface area contributed by atoms with Crippen LogP contribution in [-0.2, 0) is 18.4 Å². The minimum absolute atomic E-state index is 0.0386. The van der Waals surface area contributed by atoms with Crippen LogP contribution in [0.1, 0.15) is 57.2 Å². The number of carbonyl (C=O) groups is 1. The van der Waals surface area contributed by atoms with Crippen LogP contribution in [0, 0.1) is 0 Å². The van der Waals surface area contributed by atoms with Gasteiger partial charge in [0.2, 0.25) is 6.79 Å². The zero-order chi connectivity index (χ0) is 22.0. The maximum atomic E-state index is 12.1. The van der Waals surface area contributed by atoms with Crippen molar-refractivity contribution in [3.63, 3.8) is 0 Å². The third-order valence-electron chi connectivity index (χ3n) is 5.32. The molecule has 1 aliphatic rings. The van der Waals surface area contributed by atoms with Crippen LogP contribution in [0.5, 0.6) is 17.5 Å². The van der Waals surface area contributed by atoms with Crippen LogP contribution in [0.2, 0.25) is 0 Å². The number of carbonyl (C=O) groups excluding carboxylic acids is 1. The fraction of sp³-hybridized carbons (Fsp3) is 0.455. The summed E-state index contributed by atoms with van der Waals surface area (Å²) >= 11 is 0. The van der Waals surface area contributed by atoms with Gasteiger partial charge in [-0.2, -0.15) is 15.1 Å². The molecule has 1 unspecified atom stereocenters. The molecule has 4 rings (SSSR count). The summed E-state index contributed by atoms with van der Waals surface area (Å²) in [4.78, 5) is 21.1. The minimum atomic E-state index is -0.349. The molecule has 1 aliphatic heterocycles. The first kappa shape index (κ1) is 20.9. The maximum absolute atomic E-state index is 12.1. The Morgan fingerprint density at radius 3 is 2.84 bits per heavy atom. The second-order valence-electron chi connectivity index (χ2n) is 7.64. The largest absolute Gasteiger partial charge is 0.454 e. The van der Waals surface area contributed by atoms with E-state index in [1.807, 2.05) is 32.2 Å². The highest BCUT2D eigenvalue weighted by molar-refractivity contribution is 5.88. The summed E-state index contributed by atoms with van der Waals surface area (Å²) in [6.07, 6.45) is 1.93. The van der Waals surface area contributed by atoms with E-state index in [1.165, 1.54) is 0 Å². The molecule has 31 heavy (non-hydrogen) atoms. The number of aromatic nitrogens is 4. The molecule has 164 valence electrons. The lowest BCUT2D eigenvalue weighted by Gasteiger charge is -2.11. The molecule has 0 spiro atoms. The molecule has 0 fully saturated rings. The van der Waals surface area contributed by atoms with Crippen LogP contribution in [-0.4, -0.2) is 32.5 Å². The predicted molar refractivity (Wildman–Crippen MR) is 115 cm³/mol. The Balaban J connectivity index is 1.69. The summed E-state index contributed by atoms with van der Waals surface area (Å²) in [5.74, 6) is 1.88. The second kappa shape index (κ2) is 8.79. The molecule has 1 N–H and O–H groups in total. The third-order valence-corrected chi connectivity index (χ3v) is 5.32. The van der Waals surface area contributed by atoms with Crippen LogP contribution in [0.25, 0.3) is 11.0 Å². The van der Waals surface area contributed by atoms with Crippen molar-refractivity contribution >= 4 is 22.8 Å². The van der Waals surface area contributed by atoms with Crippen molar-refractivity contribution in [2.45, 2.75) is 52.5 Å². The van der Waals surface area contributed by atoms with Crippen molar-refractivity contribution < 1.29 is 19.0 Å². The number of nitrogens with one attached hydrogen (secondary N) is 1. The molecule has 0 bridgehead atoms. The van der Waals surface area contributed by atoms with Gasteiger partial charge < -0.3 is 19.5 Å². The molecule has 9 heteroatoms. The molecule has 0 saturated heterocycles. The smallest absolute Gasteiger partial charge is 0.326 e. The van der Waals surface area contributed by atoms with Crippen LogP contribution in [0.15, 0.2) is 18.2 Å². The standard InChI is InChI=1S/C22H27N5O4/c1-5-7-17(28)31-22-24-19-18(13(3)6-2)26-27(4)20(19)21(25-22)23-11-14-8-9-15-16(10-14)30-12-29-15/h8-10,13H,5-7,11-12H2,1-4H3,(H,23,24,25). The highest BCUT2D eigenvalue weighted by Gasteiger charge is 2.22. The lowest BCUT2D eigenvalue weighted by molar-refractivity contribution is -0.134. The van der Waals surface area contributed by atoms with Crippen LogP contribution in [0.4, 0.5) is 5.82 Å². The molecule has 0 radical (unpaired) electrons. The molecule has 0 saturated carbocycles. The molecular weight excluding hydrogens is 398 g/mol. The molecule has 0 aliphatic carbocycles. The Morgan fingerprint density at radius 1 is 1.26 bits per heavy atom. The monoisotopic (exact) mass is 425 g/mol. The van der Waals surface area contributed by atoms with Crippen LogP contribution >= 0.6 is 0 Å². The SMILES string of the molecule is CCCC(=O)Oc1nc(NCc2ccc3c(c2)OCO3)c2c(n1)c(C(C)CC)nn2C. The topological polar surface area (TPSA) is 100 Å². The first-order chi connectivity index (χ1) is 15.0. The van der Waals surface area contributed by atoms with E-state index < -0.39 is 0 Å². The van der Waals surface area contributed by atoms with Gasteiger partial charge >= 0.3 is 12.0 Å². The zero-order valence-electron chi connectivity index (χ0n) is 18.3. The van der Waals surface area contributed by atoms with E-state index in [9.17, 15) is 4.79 Å². The number of hydrogen-bond donors (Lipinski definition) is 1. The summed E-state index contributed by atoms with van der Waals surface area (Å²) in [6.45, 7) is 6.86. The lowest BCUT2D eigenvalue weighted by Crippen LogP contribution is -2.12. The number of ether oxygens (including phenoxy) is 3. The van der Waals surface area contributed by atoms with Crippen LogP contribution in [0.3, 0.4) is 0 Å². The van der Waals surface area contributed by atoms with Gasteiger partial charge in [-0.1, -0.05) is 26.8 Å². The van der Waals surface area contributed by atoms with Gasteiger partial charge in [-0.25, -0.2) is 0 Å². The van der Waals surface area contributed by atoms with E-state index >= 15 is 0 Å². The van der Waals surface area contributed by atoms with Crippen LogP contribution < -0.4 is 19.5 Å². The first-order valence-corrected chi connectivity index (χ1v) is 10.6. The van der Waals surface area contributed by atoms with Gasteiger partial charge in [-0.05, 0) is 30.5 Å². The fourth-order valence-electron chi connectivity index (χ4n) is 3.47. The van der Waals surface area contributed by atoms with Crippen molar-refractivity contribution in [2.24, 2.45) is 7.05 Å². The zero-order valence-corrected chi connectivity index (χ0v) is 18.3. The van der Waals surface area contributed by atoms with E-state index in [-0.39, 0.29) is 24.7 Å².